The number of amides is 1. The topological polar surface area (TPSA) is 77.4 Å². The molecule has 7 nitrogen and oxygen atoms in total. The second-order valence-corrected chi connectivity index (χ2v) is 9.92. The summed E-state index contributed by atoms with van der Waals surface area (Å²) in [5.74, 6) is 0.514. The minimum absolute atomic E-state index is 0.171. The van der Waals surface area contributed by atoms with Gasteiger partial charge in [0, 0.05) is 22.7 Å². The van der Waals surface area contributed by atoms with Crippen LogP contribution in [-0.4, -0.2) is 42.7 Å². The second kappa shape index (κ2) is 12.4. The molecule has 196 valence electrons. The number of methoxy groups -OCH3 is 1. The number of aliphatic imine (C=N–C) groups is 1. The summed E-state index contributed by atoms with van der Waals surface area (Å²) in [6, 6.07) is 17.4. The standard InChI is InChI=1S/C28H24Cl2N2O5S/c1-4-36-24-13-17(5-12-23(24)37-16-19-6-9-20(29)15-22(19)30)14-25-26(33)32(2)28(38-25)31-21-10-7-18(8-11-21)27(34)35-3/h5-15H,4,16H2,1-3H3/b25-14-,31-28?. The van der Waals surface area contributed by atoms with Crippen molar-refractivity contribution in [3.05, 3.63) is 92.3 Å². The van der Waals surface area contributed by atoms with E-state index in [1.807, 2.05) is 25.1 Å². The van der Waals surface area contributed by atoms with Gasteiger partial charge >= 0.3 is 5.97 Å². The largest absolute Gasteiger partial charge is 0.490 e. The highest BCUT2D eigenvalue weighted by Crippen LogP contribution is 2.36. The van der Waals surface area contributed by atoms with Crippen LogP contribution in [0.1, 0.15) is 28.4 Å². The van der Waals surface area contributed by atoms with Crippen molar-refractivity contribution in [1.82, 2.24) is 4.90 Å². The fraction of sp³-hybridized carbons (Fsp3) is 0.179. The molecule has 1 fully saturated rings. The van der Waals surface area contributed by atoms with Crippen molar-refractivity contribution in [1.29, 1.82) is 0 Å². The number of esters is 1. The number of amidine groups is 1. The molecule has 0 N–H and O–H groups in total. The smallest absolute Gasteiger partial charge is 0.337 e. The minimum Gasteiger partial charge on any atom is -0.490 e. The predicted molar refractivity (Wildman–Crippen MR) is 152 cm³/mol. The highest BCUT2D eigenvalue weighted by Gasteiger charge is 2.30. The van der Waals surface area contributed by atoms with Crippen molar-refractivity contribution >= 4 is 63.8 Å². The van der Waals surface area contributed by atoms with Gasteiger partial charge in [-0.25, -0.2) is 9.79 Å². The van der Waals surface area contributed by atoms with Crippen LogP contribution < -0.4 is 9.47 Å². The summed E-state index contributed by atoms with van der Waals surface area (Å²) in [7, 11) is 3.00. The Kier molecular flexibility index (Phi) is 8.99. The molecule has 3 aromatic carbocycles. The zero-order valence-electron chi connectivity index (χ0n) is 20.9. The zero-order chi connectivity index (χ0) is 27.2. The maximum atomic E-state index is 12.9. The lowest BCUT2D eigenvalue weighted by atomic mass is 10.1. The molecule has 0 bridgehead atoms. The molecule has 1 heterocycles. The Hall–Kier alpha value is -3.46. The van der Waals surface area contributed by atoms with Gasteiger partial charge in [-0.3, -0.25) is 9.69 Å². The summed E-state index contributed by atoms with van der Waals surface area (Å²) in [5, 5.41) is 1.60. The lowest BCUT2D eigenvalue weighted by Gasteiger charge is -2.13. The zero-order valence-corrected chi connectivity index (χ0v) is 23.2. The van der Waals surface area contributed by atoms with Crippen LogP contribution >= 0.6 is 35.0 Å². The van der Waals surface area contributed by atoms with E-state index >= 15 is 0 Å². The van der Waals surface area contributed by atoms with Gasteiger partial charge in [0.1, 0.15) is 6.61 Å². The van der Waals surface area contributed by atoms with Crippen LogP contribution in [0.15, 0.2) is 70.6 Å². The van der Waals surface area contributed by atoms with Crippen LogP contribution in [-0.2, 0) is 16.1 Å². The number of halogens is 2. The van der Waals surface area contributed by atoms with Gasteiger partial charge in [0.25, 0.3) is 5.91 Å². The van der Waals surface area contributed by atoms with E-state index in [1.165, 1.54) is 23.8 Å². The monoisotopic (exact) mass is 570 g/mol. The van der Waals surface area contributed by atoms with Crippen LogP contribution in [0.3, 0.4) is 0 Å². The van der Waals surface area contributed by atoms with Crippen molar-refractivity contribution in [3.63, 3.8) is 0 Å². The molecule has 1 aliphatic heterocycles. The maximum Gasteiger partial charge on any atom is 0.337 e. The van der Waals surface area contributed by atoms with Gasteiger partial charge in [0.2, 0.25) is 0 Å². The minimum atomic E-state index is -0.423. The molecule has 1 saturated heterocycles. The van der Waals surface area contributed by atoms with E-state index in [0.717, 1.165) is 11.1 Å². The Morgan fingerprint density at radius 3 is 2.47 bits per heavy atom. The number of hydrogen-bond donors (Lipinski definition) is 0. The molecule has 0 saturated carbocycles. The van der Waals surface area contributed by atoms with Crippen LogP contribution in [0.4, 0.5) is 5.69 Å². The molecule has 38 heavy (non-hydrogen) atoms. The van der Waals surface area contributed by atoms with Gasteiger partial charge in [-0.15, -0.1) is 0 Å². The average molecular weight is 571 g/mol. The lowest BCUT2D eigenvalue weighted by molar-refractivity contribution is -0.121. The fourth-order valence-electron chi connectivity index (χ4n) is 3.50. The number of nitrogens with zero attached hydrogens (tertiary/aromatic N) is 2. The van der Waals surface area contributed by atoms with E-state index in [9.17, 15) is 9.59 Å². The van der Waals surface area contributed by atoms with Crippen LogP contribution in [0.25, 0.3) is 6.08 Å². The number of thioether (sulfide) groups is 1. The normalized spacial score (nSPS) is 15.3. The summed E-state index contributed by atoms with van der Waals surface area (Å²) in [5.41, 5.74) is 2.61. The van der Waals surface area contributed by atoms with Gasteiger partial charge in [-0.2, -0.15) is 0 Å². The number of carbonyl (C=O) groups excluding carboxylic acids is 2. The third-order valence-electron chi connectivity index (χ3n) is 5.48. The van der Waals surface area contributed by atoms with Crippen LogP contribution in [0.2, 0.25) is 10.0 Å². The maximum absolute atomic E-state index is 12.9. The molecule has 1 amide bonds. The molecule has 0 radical (unpaired) electrons. The van der Waals surface area contributed by atoms with E-state index in [1.54, 1.807) is 55.6 Å². The number of rotatable bonds is 8. The van der Waals surface area contributed by atoms with Gasteiger partial charge in [0.05, 0.1) is 29.9 Å². The molecule has 0 unspecified atom stereocenters. The Morgan fingerprint density at radius 1 is 1.03 bits per heavy atom. The number of benzene rings is 3. The first-order chi connectivity index (χ1) is 18.3. The molecular weight excluding hydrogens is 547 g/mol. The second-order valence-electron chi connectivity index (χ2n) is 8.07. The number of ether oxygens (including phenoxy) is 3. The van der Waals surface area contributed by atoms with E-state index in [4.69, 9.17) is 37.4 Å². The van der Waals surface area contributed by atoms with Crippen molar-refractivity contribution < 1.29 is 23.8 Å². The molecule has 0 aromatic heterocycles. The molecule has 10 heteroatoms. The lowest BCUT2D eigenvalue weighted by Crippen LogP contribution is -2.23. The predicted octanol–water partition coefficient (Wildman–Crippen LogP) is 6.99. The molecule has 1 aliphatic rings. The third-order valence-corrected chi connectivity index (χ3v) is 7.13. The Morgan fingerprint density at radius 2 is 1.79 bits per heavy atom. The van der Waals surface area contributed by atoms with E-state index in [-0.39, 0.29) is 12.5 Å². The average Bonchev–Trinajstić information content (AvgIpc) is 3.16. The van der Waals surface area contributed by atoms with Crippen molar-refractivity contribution in [2.75, 3.05) is 20.8 Å². The summed E-state index contributed by atoms with van der Waals surface area (Å²) in [6.45, 7) is 2.58. The first-order valence-corrected chi connectivity index (χ1v) is 13.1. The molecular formula is C28H24Cl2N2O5S. The van der Waals surface area contributed by atoms with E-state index in [0.29, 0.717) is 49.5 Å². The Labute approximate surface area is 235 Å². The van der Waals surface area contributed by atoms with Crippen molar-refractivity contribution in [3.8, 4) is 11.5 Å². The molecule has 0 aliphatic carbocycles. The molecule has 3 aromatic rings. The van der Waals surface area contributed by atoms with E-state index < -0.39 is 5.97 Å². The number of hydrogen-bond acceptors (Lipinski definition) is 7. The number of likely N-dealkylation sites (N-methyl/N-ethyl adjacent to an activating group) is 1. The van der Waals surface area contributed by atoms with Crippen LogP contribution in [0, 0.1) is 0 Å². The van der Waals surface area contributed by atoms with E-state index in [2.05, 4.69) is 4.99 Å². The Balaban J connectivity index is 1.52. The van der Waals surface area contributed by atoms with Gasteiger partial charge in [0.15, 0.2) is 16.7 Å². The van der Waals surface area contributed by atoms with Gasteiger partial charge in [-0.1, -0.05) is 35.3 Å². The fourth-order valence-corrected chi connectivity index (χ4v) is 4.95. The van der Waals surface area contributed by atoms with Gasteiger partial charge < -0.3 is 14.2 Å². The quantitative estimate of drug-likeness (QED) is 0.214. The molecule has 0 spiro atoms. The third kappa shape index (κ3) is 6.51. The molecule has 4 rings (SSSR count). The summed E-state index contributed by atoms with van der Waals surface area (Å²) < 4.78 is 16.5. The summed E-state index contributed by atoms with van der Waals surface area (Å²) >= 11 is 13.5. The first-order valence-electron chi connectivity index (χ1n) is 11.6. The number of carbonyl (C=O) groups is 2. The SMILES string of the molecule is CCOc1cc(/C=C2\SC(=Nc3ccc(C(=O)OC)cc3)N(C)C2=O)ccc1OCc1ccc(Cl)cc1Cl. The van der Waals surface area contributed by atoms with Gasteiger partial charge in [-0.05, 0) is 78.9 Å². The van der Waals surface area contributed by atoms with Crippen molar-refractivity contribution in [2.24, 2.45) is 4.99 Å². The Bertz CT molecular complexity index is 1420. The highest BCUT2D eigenvalue weighted by atomic mass is 35.5. The first kappa shape index (κ1) is 27.6. The molecule has 0 atom stereocenters. The van der Waals surface area contributed by atoms with Crippen molar-refractivity contribution in [2.45, 2.75) is 13.5 Å². The highest BCUT2D eigenvalue weighted by molar-refractivity contribution is 8.18. The van der Waals surface area contributed by atoms with Crippen LogP contribution in [0.5, 0.6) is 11.5 Å². The summed E-state index contributed by atoms with van der Waals surface area (Å²) in [4.78, 5) is 31.1. The summed E-state index contributed by atoms with van der Waals surface area (Å²) in [6.07, 6.45) is 1.79.